The first kappa shape index (κ1) is 20.2. The van der Waals surface area contributed by atoms with Crippen molar-refractivity contribution in [3.8, 4) is 0 Å². The van der Waals surface area contributed by atoms with Gasteiger partial charge in [0.05, 0.1) is 6.10 Å². The molecule has 1 unspecified atom stereocenters. The average Bonchev–Trinajstić information content (AvgIpc) is 3.08. The minimum absolute atomic E-state index is 0. The maximum atomic E-state index is 5.60. The van der Waals surface area contributed by atoms with Gasteiger partial charge in [-0.25, -0.2) is 0 Å². The van der Waals surface area contributed by atoms with E-state index in [0.717, 1.165) is 32.1 Å². The van der Waals surface area contributed by atoms with Crippen LogP contribution in [0, 0.1) is 0 Å². The lowest BCUT2D eigenvalue weighted by Gasteiger charge is -2.15. The Balaban J connectivity index is 0.00000264. The van der Waals surface area contributed by atoms with Crippen molar-refractivity contribution in [1.29, 1.82) is 0 Å². The van der Waals surface area contributed by atoms with Crippen LogP contribution in [0.5, 0.6) is 0 Å². The van der Waals surface area contributed by atoms with Gasteiger partial charge >= 0.3 is 0 Å². The maximum Gasteiger partial charge on any atom is 0.191 e. The first-order valence-corrected chi connectivity index (χ1v) is 8.48. The molecule has 1 aliphatic rings. The Kier molecular flexibility index (Phi) is 11.1. The smallest absolute Gasteiger partial charge is 0.191 e. The van der Waals surface area contributed by atoms with Gasteiger partial charge in [0.2, 0.25) is 0 Å². The summed E-state index contributed by atoms with van der Waals surface area (Å²) in [6.07, 6.45) is 7.52. The number of hydrogen-bond acceptors (Lipinski definition) is 2. The fourth-order valence-corrected chi connectivity index (χ4v) is 2.72. The number of aliphatic imine (C=N–C) groups is 1. The molecule has 1 heterocycles. The molecule has 4 nitrogen and oxygen atoms in total. The summed E-state index contributed by atoms with van der Waals surface area (Å²) in [4.78, 5) is 4.25. The van der Waals surface area contributed by atoms with E-state index in [2.05, 4.69) is 46.0 Å². The van der Waals surface area contributed by atoms with Crippen molar-refractivity contribution in [2.24, 2.45) is 4.99 Å². The second-order valence-electron chi connectivity index (χ2n) is 5.81. The number of rotatable bonds is 8. The zero-order valence-electron chi connectivity index (χ0n) is 14.1. The van der Waals surface area contributed by atoms with Gasteiger partial charge in [0.1, 0.15) is 0 Å². The number of halogens is 1. The van der Waals surface area contributed by atoms with Gasteiger partial charge in [-0.3, -0.25) is 4.99 Å². The molecule has 0 saturated carbocycles. The van der Waals surface area contributed by atoms with Crippen LogP contribution in [0.2, 0.25) is 0 Å². The van der Waals surface area contributed by atoms with Gasteiger partial charge in [-0.2, -0.15) is 0 Å². The minimum Gasteiger partial charge on any atom is -0.376 e. The van der Waals surface area contributed by atoms with Crippen LogP contribution in [0.15, 0.2) is 35.3 Å². The Morgan fingerprint density at radius 2 is 2.00 bits per heavy atom. The molecule has 1 saturated heterocycles. The third-order valence-electron chi connectivity index (χ3n) is 4.02. The highest BCUT2D eigenvalue weighted by atomic mass is 127. The predicted octanol–water partition coefficient (Wildman–Crippen LogP) is 3.36. The topological polar surface area (TPSA) is 45.7 Å². The number of aryl methyl sites for hydroxylation is 1. The Hall–Kier alpha value is -0.820. The summed E-state index contributed by atoms with van der Waals surface area (Å²) in [5.74, 6) is 0.888. The Bertz CT molecular complexity index is 433. The molecule has 0 radical (unpaired) electrons. The third-order valence-corrected chi connectivity index (χ3v) is 4.02. The highest BCUT2D eigenvalue weighted by molar-refractivity contribution is 14.0. The highest BCUT2D eigenvalue weighted by Gasteiger charge is 2.15. The summed E-state index contributed by atoms with van der Waals surface area (Å²) in [5.41, 5.74) is 1.43. The summed E-state index contributed by atoms with van der Waals surface area (Å²) < 4.78 is 5.60. The van der Waals surface area contributed by atoms with Crippen LogP contribution in [-0.2, 0) is 11.2 Å². The lowest BCUT2D eigenvalue weighted by molar-refractivity contribution is 0.114. The summed E-state index contributed by atoms with van der Waals surface area (Å²) in [7, 11) is 1.82. The van der Waals surface area contributed by atoms with E-state index < -0.39 is 0 Å². The molecule has 1 aromatic rings. The first-order chi connectivity index (χ1) is 10.9. The number of nitrogens with zero attached hydrogens (tertiary/aromatic N) is 1. The Morgan fingerprint density at radius 1 is 1.17 bits per heavy atom. The minimum atomic E-state index is 0. The van der Waals surface area contributed by atoms with E-state index in [4.69, 9.17) is 4.74 Å². The molecular formula is C18H30IN3O. The van der Waals surface area contributed by atoms with Gasteiger partial charge in [-0.15, -0.1) is 24.0 Å². The van der Waals surface area contributed by atoms with Crippen LogP contribution in [0.1, 0.15) is 37.7 Å². The quantitative estimate of drug-likeness (QED) is 0.287. The fourth-order valence-electron chi connectivity index (χ4n) is 2.72. The molecule has 0 amide bonds. The SMILES string of the molecule is CN=C(NCCCCCc1ccccc1)NCC1CCCO1.I. The van der Waals surface area contributed by atoms with Gasteiger partial charge in [0, 0.05) is 26.7 Å². The van der Waals surface area contributed by atoms with E-state index in [1.165, 1.54) is 37.7 Å². The normalized spacial score (nSPS) is 17.6. The van der Waals surface area contributed by atoms with E-state index in [-0.39, 0.29) is 24.0 Å². The number of guanidine groups is 1. The summed E-state index contributed by atoms with van der Waals surface area (Å²) in [5, 5.41) is 6.72. The number of unbranched alkanes of at least 4 members (excludes halogenated alkanes) is 2. The van der Waals surface area contributed by atoms with E-state index in [1.54, 1.807) is 0 Å². The number of benzene rings is 1. The van der Waals surface area contributed by atoms with Gasteiger partial charge in [0.15, 0.2) is 5.96 Å². The van der Waals surface area contributed by atoms with Crippen LogP contribution >= 0.6 is 24.0 Å². The molecule has 0 aliphatic carbocycles. The molecule has 130 valence electrons. The van der Waals surface area contributed by atoms with E-state index in [0.29, 0.717) is 6.10 Å². The van der Waals surface area contributed by atoms with Crippen LogP contribution < -0.4 is 10.6 Å². The van der Waals surface area contributed by atoms with Crippen molar-refractivity contribution < 1.29 is 4.74 Å². The molecule has 2 rings (SSSR count). The standard InChI is InChI=1S/C18H29N3O.HI/c1-19-18(21-15-17-12-8-14-22-17)20-13-7-3-6-11-16-9-4-2-5-10-16;/h2,4-5,9-10,17H,3,6-8,11-15H2,1H3,(H2,19,20,21);1H. The lowest BCUT2D eigenvalue weighted by atomic mass is 10.1. The molecule has 1 fully saturated rings. The van der Waals surface area contributed by atoms with E-state index in [9.17, 15) is 0 Å². The molecule has 2 N–H and O–H groups in total. The van der Waals surface area contributed by atoms with Gasteiger partial charge in [-0.05, 0) is 37.7 Å². The molecule has 0 bridgehead atoms. The first-order valence-electron chi connectivity index (χ1n) is 8.48. The van der Waals surface area contributed by atoms with Crippen molar-refractivity contribution in [3.63, 3.8) is 0 Å². The van der Waals surface area contributed by atoms with E-state index >= 15 is 0 Å². The monoisotopic (exact) mass is 431 g/mol. The second-order valence-corrected chi connectivity index (χ2v) is 5.81. The Labute approximate surface area is 157 Å². The van der Waals surface area contributed by atoms with Gasteiger partial charge in [0.25, 0.3) is 0 Å². The molecule has 5 heteroatoms. The summed E-state index contributed by atoms with van der Waals surface area (Å²) in [6, 6.07) is 10.7. The molecule has 0 aromatic heterocycles. The van der Waals surface area contributed by atoms with E-state index in [1.807, 2.05) is 7.05 Å². The zero-order chi connectivity index (χ0) is 15.5. The van der Waals surface area contributed by atoms with Crippen molar-refractivity contribution in [2.75, 3.05) is 26.7 Å². The van der Waals surface area contributed by atoms with Crippen molar-refractivity contribution in [3.05, 3.63) is 35.9 Å². The molecular weight excluding hydrogens is 401 g/mol. The van der Waals surface area contributed by atoms with Crippen LogP contribution in [0.25, 0.3) is 0 Å². The second kappa shape index (κ2) is 12.6. The highest BCUT2D eigenvalue weighted by Crippen LogP contribution is 2.10. The molecule has 1 aromatic carbocycles. The number of hydrogen-bond donors (Lipinski definition) is 2. The van der Waals surface area contributed by atoms with Crippen LogP contribution in [0.4, 0.5) is 0 Å². The summed E-state index contributed by atoms with van der Waals surface area (Å²) in [6.45, 7) is 2.73. The Morgan fingerprint density at radius 3 is 2.70 bits per heavy atom. The number of ether oxygens (including phenoxy) is 1. The molecule has 1 atom stereocenters. The largest absolute Gasteiger partial charge is 0.376 e. The maximum absolute atomic E-state index is 5.60. The van der Waals surface area contributed by atoms with Gasteiger partial charge in [-0.1, -0.05) is 36.8 Å². The zero-order valence-corrected chi connectivity index (χ0v) is 16.4. The molecule has 0 spiro atoms. The average molecular weight is 431 g/mol. The molecule has 23 heavy (non-hydrogen) atoms. The van der Waals surface area contributed by atoms with Gasteiger partial charge < -0.3 is 15.4 Å². The van der Waals surface area contributed by atoms with Crippen LogP contribution in [-0.4, -0.2) is 38.8 Å². The van der Waals surface area contributed by atoms with Crippen molar-refractivity contribution in [1.82, 2.24) is 10.6 Å². The predicted molar refractivity (Wildman–Crippen MR) is 108 cm³/mol. The fraction of sp³-hybridized carbons (Fsp3) is 0.611. The number of nitrogens with one attached hydrogen (secondary N) is 2. The van der Waals surface area contributed by atoms with Crippen molar-refractivity contribution >= 4 is 29.9 Å². The molecule has 1 aliphatic heterocycles. The van der Waals surface area contributed by atoms with Crippen molar-refractivity contribution in [2.45, 2.75) is 44.6 Å². The van der Waals surface area contributed by atoms with Crippen LogP contribution in [0.3, 0.4) is 0 Å². The summed E-state index contributed by atoms with van der Waals surface area (Å²) >= 11 is 0. The third kappa shape index (κ3) is 8.55. The lowest BCUT2D eigenvalue weighted by Crippen LogP contribution is -2.41.